The molecule has 0 saturated carbocycles. The molecule has 2 aromatic rings. The predicted octanol–water partition coefficient (Wildman–Crippen LogP) is 2.10. The first kappa shape index (κ1) is 23.0. The van der Waals surface area contributed by atoms with Gasteiger partial charge in [-0.3, -0.25) is 9.59 Å². The second-order valence-electron chi connectivity index (χ2n) is 8.09. The van der Waals surface area contributed by atoms with Crippen LogP contribution in [0.15, 0.2) is 41.4 Å². The van der Waals surface area contributed by atoms with Crippen molar-refractivity contribution in [2.45, 2.75) is 44.0 Å². The fraction of sp³-hybridized carbons (Fsp3) is 0.455. The van der Waals surface area contributed by atoms with Crippen molar-refractivity contribution in [1.82, 2.24) is 14.2 Å². The minimum Gasteiger partial charge on any atom is -0.364 e. The summed E-state index contributed by atoms with van der Waals surface area (Å²) >= 11 is 0. The first-order valence-corrected chi connectivity index (χ1v) is 11.9. The standard InChI is InChI=1S/C22H30N4O4S/c1-4-19(16-7-5-15(2)6-8-16)24-22(28)17-9-11-26(12-10-17)31(29,30)18-13-20(21(23)27)25(3)14-18/h5-8,13-14,17,19H,4,9-12H2,1-3H3,(H2,23,27)(H,24,28)/t19-/m0/s1. The van der Waals surface area contributed by atoms with E-state index in [1.807, 2.05) is 38.1 Å². The largest absolute Gasteiger partial charge is 0.364 e. The van der Waals surface area contributed by atoms with Crippen LogP contribution < -0.4 is 11.1 Å². The summed E-state index contributed by atoms with van der Waals surface area (Å²) < 4.78 is 28.7. The van der Waals surface area contributed by atoms with Gasteiger partial charge in [-0.05, 0) is 37.8 Å². The number of aryl methyl sites for hydroxylation is 2. The van der Waals surface area contributed by atoms with Crippen LogP contribution in [0.2, 0.25) is 0 Å². The number of hydrogen-bond acceptors (Lipinski definition) is 4. The average Bonchev–Trinajstić information content (AvgIpc) is 3.15. The molecule has 0 unspecified atom stereocenters. The zero-order valence-electron chi connectivity index (χ0n) is 18.2. The smallest absolute Gasteiger partial charge is 0.265 e. The van der Waals surface area contributed by atoms with E-state index in [2.05, 4.69) is 5.32 Å². The molecule has 31 heavy (non-hydrogen) atoms. The van der Waals surface area contributed by atoms with Gasteiger partial charge in [-0.25, -0.2) is 8.42 Å². The van der Waals surface area contributed by atoms with E-state index in [1.54, 1.807) is 7.05 Å². The number of aromatic nitrogens is 1. The number of carbonyl (C=O) groups excluding carboxylic acids is 2. The summed E-state index contributed by atoms with van der Waals surface area (Å²) in [5, 5.41) is 3.12. The van der Waals surface area contributed by atoms with Gasteiger partial charge in [0.25, 0.3) is 5.91 Å². The molecular formula is C22H30N4O4S. The van der Waals surface area contributed by atoms with Crippen molar-refractivity contribution < 1.29 is 18.0 Å². The van der Waals surface area contributed by atoms with Gasteiger partial charge in [0, 0.05) is 32.3 Å². The summed E-state index contributed by atoms with van der Waals surface area (Å²) in [5.74, 6) is -0.957. The molecule has 0 bridgehead atoms. The van der Waals surface area contributed by atoms with E-state index in [0.29, 0.717) is 12.8 Å². The van der Waals surface area contributed by atoms with E-state index in [0.717, 1.165) is 12.0 Å². The summed E-state index contributed by atoms with van der Waals surface area (Å²) in [7, 11) is -2.17. The van der Waals surface area contributed by atoms with Gasteiger partial charge in [-0.2, -0.15) is 4.31 Å². The molecule has 9 heteroatoms. The van der Waals surface area contributed by atoms with E-state index in [9.17, 15) is 18.0 Å². The lowest BCUT2D eigenvalue weighted by molar-refractivity contribution is -0.126. The van der Waals surface area contributed by atoms with Crippen molar-refractivity contribution in [2.75, 3.05) is 13.1 Å². The highest BCUT2D eigenvalue weighted by atomic mass is 32.2. The lowest BCUT2D eigenvalue weighted by Crippen LogP contribution is -2.43. The molecule has 0 radical (unpaired) electrons. The first-order valence-electron chi connectivity index (χ1n) is 10.5. The van der Waals surface area contributed by atoms with E-state index < -0.39 is 15.9 Å². The molecule has 3 N–H and O–H groups in total. The van der Waals surface area contributed by atoms with E-state index in [4.69, 9.17) is 5.73 Å². The highest BCUT2D eigenvalue weighted by Gasteiger charge is 2.33. The Morgan fingerprint density at radius 1 is 1.19 bits per heavy atom. The van der Waals surface area contributed by atoms with Gasteiger partial charge in [0.05, 0.1) is 6.04 Å². The van der Waals surface area contributed by atoms with Crippen molar-refractivity contribution in [3.05, 3.63) is 53.3 Å². The average molecular weight is 447 g/mol. The maximum absolute atomic E-state index is 12.9. The number of primary amides is 1. The third-order valence-electron chi connectivity index (χ3n) is 5.90. The summed E-state index contributed by atoms with van der Waals surface area (Å²) in [6, 6.07) is 9.34. The second kappa shape index (κ2) is 9.23. The molecule has 3 rings (SSSR count). The number of nitrogens with zero attached hydrogens (tertiary/aromatic N) is 2. The Labute approximate surface area is 183 Å². The summed E-state index contributed by atoms with van der Waals surface area (Å²) in [5.41, 5.74) is 7.65. The molecule has 1 aliphatic heterocycles. The van der Waals surface area contributed by atoms with E-state index in [1.165, 1.54) is 26.7 Å². The van der Waals surface area contributed by atoms with Gasteiger partial charge in [0.2, 0.25) is 15.9 Å². The number of carbonyl (C=O) groups is 2. The highest BCUT2D eigenvalue weighted by Crippen LogP contribution is 2.26. The Morgan fingerprint density at radius 2 is 1.81 bits per heavy atom. The summed E-state index contributed by atoms with van der Waals surface area (Å²) in [6.45, 7) is 4.56. The zero-order chi connectivity index (χ0) is 22.8. The Bertz CT molecular complexity index is 1050. The third-order valence-corrected chi connectivity index (χ3v) is 7.76. The van der Waals surface area contributed by atoms with Crippen LogP contribution >= 0.6 is 0 Å². The molecule has 1 aliphatic rings. The number of nitrogens with one attached hydrogen (secondary N) is 1. The van der Waals surface area contributed by atoms with Crippen LogP contribution in [0.5, 0.6) is 0 Å². The number of nitrogens with two attached hydrogens (primary N) is 1. The van der Waals surface area contributed by atoms with Crippen molar-refractivity contribution in [2.24, 2.45) is 18.7 Å². The zero-order valence-corrected chi connectivity index (χ0v) is 19.0. The minimum atomic E-state index is -3.75. The monoisotopic (exact) mass is 446 g/mol. The van der Waals surface area contributed by atoms with Gasteiger partial charge in [-0.1, -0.05) is 36.8 Å². The van der Waals surface area contributed by atoms with Gasteiger partial charge in [0.1, 0.15) is 10.6 Å². The fourth-order valence-electron chi connectivity index (χ4n) is 3.94. The van der Waals surface area contributed by atoms with Crippen LogP contribution in [-0.2, 0) is 21.9 Å². The Hall–Kier alpha value is -2.65. The molecule has 2 amide bonds. The molecule has 1 saturated heterocycles. The fourth-order valence-corrected chi connectivity index (χ4v) is 5.48. The molecule has 8 nitrogen and oxygen atoms in total. The van der Waals surface area contributed by atoms with Crippen molar-refractivity contribution >= 4 is 21.8 Å². The number of rotatable bonds is 7. The lowest BCUT2D eigenvalue weighted by atomic mass is 9.95. The van der Waals surface area contributed by atoms with Gasteiger partial charge < -0.3 is 15.6 Å². The SMILES string of the molecule is CC[C@H](NC(=O)C1CCN(S(=O)(=O)c2cc(C(N)=O)n(C)c2)CC1)c1ccc(C)cc1. The molecule has 168 valence electrons. The normalized spacial score (nSPS) is 16.7. The van der Waals surface area contributed by atoms with E-state index in [-0.39, 0.29) is 41.5 Å². The predicted molar refractivity (Wildman–Crippen MR) is 118 cm³/mol. The van der Waals surface area contributed by atoms with Crippen molar-refractivity contribution in [3.63, 3.8) is 0 Å². The molecule has 1 atom stereocenters. The number of benzene rings is 1. The maximum atomic E-state index is 12.9. The number of hydrogen-bond donors (Lipinski definition) is 2. The number of piperidine rings is 1. The van der Waals surface area contributed by atoms with Crippen LogP contribution in [0, 0.1) is 12.8 Å². The summed E-state index contributed by atoms with van der Waals surface area (Å²) in [6.07, 6.45) is 3.07. The Balaban J connectivity index is 1.63. The van der Waals surface area contributed by atoms with Crippen LogP contribution in [0.1, 0.15) is 53.8 Å². The first-order chi connectivity index (χ1) is 14.6. The Morgan fingerprint density at radius 3 is 2.32 bits per heavy atom. The van der Waals surface area contributed by atoms with Crippen LogP contribution in [0.4, 0.5) is 0 Å². The topological polar surface area (TPSA) is 114 Å². The molecule has 1 aromatic carbocycles. The number of sulfonamides is 1. The van der Waals surface area contributed by atoms with Crippen LogP contribution in [0.25, 0.3) is 0 Å². The van der Waals surface area contributed by atoms with Crippen molar-refractivity contribution in [1.29, 1.82) is 0 Å². The number of amides is 2. The molecular weight excluding hydrogens is 416 g/mol. The third kappa shape index (κ3) is 4.99. The lowest BCUT2D eigenvalue weighted by Gasteiger charge is -2.31. The highest BCUT2D eigenvalue weighted by molar-refractivity contribution is 7.89. The van der Waals surface area contributed by atoms with E-state index >= 15 is 0 Å². The van der Waals surface area contributed by atoms with Gasteiger partial charge in [-0.15, -0.1) is 0 Å². The quantitative estimate of drug-likeness (QED) is 0.678. The van der Waals surface area contributed by atoms with Crippen LogP contribution in [-0.4, -0.2) is 42.2 Å². The van der Waals surface area contributed by atoms with Gasteiger partial charge in [0.15, 0.2) is 0 Å². The van der Waals surface area contributed by atoms with Crippen LogP contribution in [0.3, 0.4) is 0 Å². The molecule has 0 spiro atoms. The second-order valence-corrected chi connectivity index (χ2v) is 10.0. The minimum absolute atomic E-state index is 0.0390. The molecule has 1 fully saturated rings. The molecule has 2 heterocycles. The van der Waals surface area contributed by atoms with Gasteiger partial charge >= 0.3 is 0 Å². The summed E-state index contributed by atoms with van der Waals surface area (Å²) in [4.78, 5) is 24.3. The Kier molecular flexibility index (Phi) is 6.86. The van der Waals surface area contributed by atoms with Crippen molar-refractivity contribution in [3.8, 4) is 0 Å². The molecule has 1 aromatic heterocycles. The molecule has 0 aliphatic carbocycles. The maximum Gasteiger partial charge on any atom is 0.265 e.